The Morgan fingerprint density at radius 3 is 2.57 bits per heavy atom. The molecule has 0 aromatic heterocycles. The summed E-state index contributed by atoms with van der Waals surface area (Å²) in [7, 11) is 0. The van der Waals surface area contributed by atoms with E-state index in [2.05, 4.69) is 13.8 Å². The minimum atomic E-state index is -0.200. The summed E-state index contributed by atoms with van der Waals surface area (Å²) in [6.45, 7) is 9.11. The molecule has 1 fully saturated rings. The van der Waals surface area contributed by atoms with Crippen molar-refractivity contribution in [2.45, 2.75) is 12.2 Å². The summed E-state index contributed by atoms with van der Waals surface area (Å²) in [6, 6.07) is 8.05. The predicted molar refractivity (Wildman–Crippen MR) is 54.5 cm³/mol. The fourth-order valence-electron chi connectivity index (χ4n) is 1.51. The molecule has 0 amide bonds. The van der Waals surface area contributed by atoms with Crippen molar-refractivity contribution in [1.29, 1.82) is 0 Å². The molecule has 1 aromatic carbocycles. The van der Waals surface area contributed by atoms with E-state index in [9.17, 15) is 0 Å². The Morgan fingerprint density at radius 1 is 1.21 bits per heavy atom. The van der Waals surface area contributed by atoms with E-state index in [-0.39, 0.29) is 12.2 Å². The molecule has 0 atom stereocenters. The van der Waals surface area contributed by atoms with Crippen LogP contribution >= 0.6 is 0 Å². The fourth-order valence-corrected chi connectivity index (χ4v) is 1.51. The molecule has 0 spiro atoms. The molecule has 2 radical (unpaired) electrons. The van der Waals surface area contributed by atoms with Crippen LogP contribution in [-0.4, -0.2) is 13.2 Å². The molecule has 1 heterocycles. The Hall–Kier alpha value is -0.860. The van der Waals surface area contributed by atoms with E-state index >= 15 is 0 Å². The topological polar surface area (TPSA) is 18.5 Å². The molecule has 2 heteroatoms. The van der Waals surface area contributed by atoms with Crippen LogP contribution in [0.15, 0.2) is 24.3 Å². The largest absolute Gasteiger partial charge is 0.346 e. The number of hydrogen-bond acceptors (Lipinski definition) is 2. The van der Waals surface area contributed by atoms with Crippen molar-refractivity contribution in [2.75, 3.05) is 13.2 Å². The minimum absolute atomic E-state index is 0.0522. The van der Waals surface area contributed by atoms with Gasteiger partial charge in [-0.2, -0.15) is 0 Å². The van der Waals surface area contributed by atoms with E-state index < -0.39 is 0 Å². The molecule has 0 unspecified atom stereocenters. The number of rotatable bonds is 2. The summed E-state index contributed by atoms with van der Waals surface area (Å²) >= 11 is 0. The summed E-state index contributed by atoms with van der Waals surface area (Å²) in [5.41, 5.74) is 2.17. The highest BCUT2D eigenvalue weighted by Gasteiger charge is 2.18. The van der Waals surface area contributed by atoms with Crippen molar-refractivity contribution >= 4 is 0 Å². The molecule has 1 aliphatic rings. The van der Waals surface area contributed by atoms with Crippen molar-refractivity contribution in [3.05, 3.63) is 49.2 Å². The first-order chi connectivity index (χ1) is 6.77. The predicted octanol–water partition coefficient (Wildman–Crippen LogP) is 2.48. The van der Waals surface area contributed by atoms with Crippen LogP contribution in [-0.2, 0) is 9.47 Å². The standard InChI is InChI=1S/C12H14O2/c1-9(2)10-4-3-5-11(8-10)12-13-6-7-14-12/h3-5,8-9,12H,1-2,6-7H2. The molecule has 14 heavy (non-hydrogen) atoms. The summed E-state index contributed by atoms with van der Waals surface area (Å²) < 4.78 is 10.8. The molecule has 0 N–H and O–H groups in total. The number of hydrogen-bond donors (Lipinski definition) is 0. The van der Waals surface area contributed by atoms with Gasteiger partial charge in [0.05, 0.1) is 13.2 Å². The van der Waals surface area contributed by atoms with Crippen LogP contribution in [0.2, 0.25) is 0 Å². The summed E-state index contributed by atoms with van der Waals surface area (Å²) in [4.78, 5) is 0. The molecule has 1 aromatic rings. The van der Waals surface area contributed by atoms with Crippen molar-refractivity contribution in [2.24, 2.45) is 0 Å². The van der Waals surface area contributed by atoms with Gasteiger partial charge < -0.3 is 9.47 Å². The molecule has 1 aliphatic heterocycles. The van der Waals surface area contributed by atoms with Crippen LogP contribution in [0, 0.1) is 13.8 Å². The Kier molecular flexibility index (Phi) is 2.85. The summed E-state index contributed by atoms with van der Waals surface area (Å²) in [5.74, 6) is 0.0522. The average molecular weight is 190 g/mol. The maximum Gasteiger partial charge on any atom is 0.184 e. The van der Waals surface area contributed by atoms with Crippen LogP contribution in [0.1, 0.15) is 23.3 Å². The van der Waals surface area contributed by atoms with Crippen LogP contribution in [0.3, 0.4) is 0 Å². The lowest BCUT2D eigenvalue weighted by Gasteiger charge is -2.12. The second-order valence-corrected chi connectivity index (χ2v) is 3.44. The van der Waals surface area contributed by atoms with Gasteiger partial charge in [0.1, 0.15) is 0 Å². The maximum atomic E-state index is 5.41. The molecule has 1 saturated heterocycles. The SMILES string of the molecule is [CH2]C([CH2])c1cccc(C2OCCO2)c1. The third-order valence-electron chi connectivity index (χ3n) is 2.28. The Balaban J connectivity index is 2.21. The van der Waals surface area contributed by atoms with Crippen LogP contribution in [0.4, 0.5) is 0 Å². The van der Waals surface area contributed by atoms with E-state index in [0.717, 1.165) is 11.1 Å². The van der Waals surface area contributed by atoms with Gasteiger partial charge in [-0.25, -0.2) is 0 Å². The van der Waals surface area contributed by atoms with E-state index in [1.54, 1.807) is 0 Å². The highest BCUT2D eigenvalue weighted by atomic mass is 16.7. The second-order valence-electron chi connectivity index (χ2n) is 3.44. The first-order valence-electron chi connectivity index (χ1n) is 4.76. The lowest BCUT2D eigenvalue weighted by atomic mass is 10.0. The smallest absolute Gasteiger partial charge is 0.184 e. The molecule has 2 rings (SSSR count). The highest BCUT2D eigenvalue weighted by molar-refractivity contribution is 5.28. The Labute approximate surface area is 84.8 Å². The van der Waals surface area contributed by atoms with Gasteiger partial charge in [0.15, 0.2) is 6.29 Å². The van der Waals surface area contributed by atoms with E-state index in [0.29, 0.717) is 13.2 Å². The zero-order valence-corrected chi connectivity index (χ0v) is 8.11. The van der Waals surface area contributed by atoms with Gasteiger partial charge in [-0.15, -0.1) is 0 Å². The first kappa shape index (κ1) is 9.69. The maximum absolute atomic E-state index is 5.41. The molecular weight excluding hydrogens is 176 g/mol. The van der Waals surface area contributed by atoms with Gasteiger partial charge in [-0.3, -0.25) is 0 Å². The third-order valence-corrected chi connectivity index (χ3v) is 2.28. The van der Waals surface area contributed by atoms with Crippen LogP contribution < -0.4 is 0 Å². The molecule has 0 saturated carbocycles. The molecule has 74 valence electrons. The van der Waals surface area contributed by atoms with Gasteiger partial charge in [-0.05, 0) is 25.3 Å². The van der Waals surface area contributed by atoms with Crippen molar-refractivity contribution in [3.8, 4) is 0 Å². The number of benzene rings is 1. The molecule has 2 nitrogen and oxygen atoms in total. The van der Waals surface area contributed by atoms with Crippen molar-refractivity contribution in [1.82, 2.24) is 0 Å². The lowest BCUT2D eigenvalue weighted by molar-refractivity contribution is -0.0441. The van der Waals surface area contributed by atoms with Gasteiger partial charge >= 0.3 is 0 Å². The highest BCUT2D eigenvalue weighted by Crippen LogP contribution is 2.25. The zero-order valence-electron chi connectivity index (χ0n) is 8.11. The third kappa shape index (κ3) is 1.97. The first-order valence-corrected chi connectivity index (χ1v) is 4.76. The van der Waals surface area contributed by atoms with Gasteiger partial charge in [0.2, 0.25) is 0 Å². The molecule has 0 bridgehead atoms. The molecular formula is C12H14O2. The summed E-state index contributed by atoms with van der Waals surface area (Å²) in [5, 5.41) is 0. The van der Waals surface area contributed by atoms with E-state index in [4.69, 9.17) is 9.47 Å². The zero-order chi connectivity index (χ0) is 9.97. The average Bonchev–Trinajstić information content (AvgIpc) is 2.71. The normalized spacial score (nSPS) is 17.9. The van der Waals surface area contributed by atoms with Crippen molar-refractivity contribution < 1.29 is 9.47 Å². The molecule has 0 aliphatic carbocycles. The fraction of sp³-hybridized carbons (Fsp3) is 0.333. The van der Waals surface area contributed by atoms with Gasteiger partial charge in [-0.1, -0.05) is 24.3 Å². The van der Waals surface area contributed by atoms with Crippen LogP contribution in [0.5, 0.6) is 0 Å². The number of ether oxygens (including phenoxy) is 2. The monoisotopic (exact) mass is 190 g/mol. The quantitative estimate of drug-likeness (QED) is 0.713. The van der Waals surface area contributed by atoms with Crippen LogP contribution in [0.25, 0.3) is 0 Å². The van der Waals surface area contributed by atoms with E-state index in [1.807, 2.05) is 24.3 Å². The van der Waals surface area contributed by atoms with E-state index in [1.165, 1.54) is 0 Å². The Morgan fingerprint density at radius 2 is 1.93 bits per heavy atom. The Bertz CT molecular complexity index is 301. The van der Waals surface area contributed by atoms with Gasteiger partial charge in [0, 0.05) is 5.56 Å². The second kappa shape index (κ2) is 4.11. The lowest BCUT2D eigenvalue weighted by Crippen LogP contribution is -1.99. The van der Waals surface area contributed by atoms with Gasteiger partial charge in [0.25, 0.3) is 0 Å². The summed E-state index contributed by atoms with van der Waals surface area (Å²) in [6.07, 6.45) is -0.200. The van der Waals surface area contributed by atoms with Crippen molar-refractivity contribution in [3.63, 3.8) is 0 Å². The minimum Gasteiger partial charge on any atom is -0.346 e.